The van der Waals surface area contributed by atoms with Crippen LogP contribution in [-0.4, -0.2) is 41.6 Å². The molecule has 0 bridgehead atoms. The Kier molecular flexibility index (Phi) is 5.39. The first-order valence-corrected chi connectivity index (χ1v) is 6.81. The van der Waals surface area contributed by atoms with Crippen LogP contribution in [0.3, 0.4) is 0 Å². The summed E-state index contributed by atoms with van der Waals surface area (Å²) in [5.74, 6) is -0.783. The highest BCUT2D eigenvalue weighted by Crippen LogP contribution is 2.35. The Balaban J connectivity index is 2.56. The lowest BCUT2D eigenvalue weighted by molar-refractivity contribution is -0.148. The Labute approximate surface area is 114 Å². The number of aliphatic carboxylic acids is 1. The van der Waals surface area contributed by atoms with E-state index in [9.17, 15) is 14.7 Å². The van der Waals surface area contributed by atoms with Crippen molar-refractivity contribution in [1.29, 1.82) is 0 Å². The standard InChI is InChI=1S/C14H24N2O3/c1-4-6-14(12(17)18)7-9-16(10-14)13(19)15-8-5-11(2)3/h5H,4,6-10H2,1-3H3,(H,15,19)(H,17,18). The van der Waals surface area contributed by atoms with Gasteiger partial charge < -0.3 is 15.3 Å². The van der Waals surface area contributed by atoms with Crippen molar-refractivity contribution in [1.82, 2.24) is 10.2 Å². The van der Waals surface area contributed by atoms with Crippen LogP contribution in [0.15, 0.2) is 11.6 Å². The van der Waals surface area contributed by atoms with E-state index in [-0.39, 0.29) is 6.03 Å². The predicted molar refractivity (Wildman–Crippen MR) is 74.0 cm³/mol. The van der Waals surface area contributed by atoms with Gasteiger partial charge in [-0.2, -0.15) is 0 Å². The Hall–Kier alpha value is -1.52. The number of carboxylic acids is 1. The zero-order valence-electron chi connectivity index (χ0n) is 12.0. The first kappa shape index (κ1) is 15.5. The van der Waals surface area contributed by atoms with Crippen molar-refractivity contribution >= 4 is 12.0 Å². The van der Waals surface area contributed by atoms with Crippen molar-refractivity contribution in [2.75, 3.05) is 19.6 Å². The van der Waals surface area contributed by atoms with Crippen LogP contribution in [0.2, 0.25) is 0 Å². The molecule has 0 aromatic heterocycles. The van der Waals surface area contributed by atoms with Crippen molar-refractivity contribution in [3.63, 3.8) is 0 Å². The van der Waals surface area contributed by atoms with Gasteiger partial charge in [0.2, 0.25) is 0 Å². The van der Waals surface area contributed by atoms with Crippen LogP contribution < -0.4 is 5.32 Å². The maximum absolute atomic E-state index is 11.9. The molecule has 1 heterocycles. The van der Waals surface area contributed by atoms with Gasteiger partial charge in [-0.3, -0.25) is 4.79 Å². The van der Waals surface area contributed by atoms with Crippen LogP contribution >= 0.6 is 0 Å². The molecule has 1 rings (SSSR count). The fourth-order valence-electron chi connectivity index (χ4n) is 2.46. The number of nitrogens with zero attached hydrogens (tertiary/aromatic N) is 1. The summed E-state index contributed by atoms with van der Waals surface area (Å²) in [6.45, 7) is 7.25. The minimum Gasteiger partial charge on any atom is -0.481 e. The van der Waals surface area contributed by atoms with E-state index in [0.717, 1.165) is 12.0 Å². The molecule has 5 heteroatoms. The second kappa shape index (κ2) is 6.59. The highest BCUT2D eigenvalue weighted by molar-refractivity contribution is 5.79. The number of hydrogen-bond donors (Lipinski definition) is 2. The van der Waals surface area contributed by atoms with Crippen LogP contribution in [0.4, 0.5) is 4.79 Å². The number of rotatable bonds is 5. The third-order valence-corrected chi connectivity index (χ3v) is 3.59. The smallest absolute Gasteiger partial charge is 0.317 e. The molecule has 0 radical (unpaired) electrons. The number of carbonyl (C=O) groups excluding carboxylic acids is 1. The number of nitrogens with one attached hydrogen (secondary N) is 1. The molecular formula is C14H24N2O3. The zero-order valence-corrected chi connectivity index (χ0v) is 12.0. The van der Waals surface area contributed by atoms with Gasteiger partial charge in [-0.05, 0) is 26.7 Å². The van der Waals surface area contributed by atoms with Gasteiger partial charge in [-0.25, -0.2) is 4.79 Å². The van der Waals surface area contributed by atoms with Crippen LogP contribution in [0, 0.1) is 5.41 Å². The fourth-order valence-corrected chi connectivity index (χ4v) is 2.46. The molecular weight excluding hydrogens is 244 g/mol. The molecule has 1 atom stereocenters. The molecule has 2 N–H and O–H groups in total. The van der Waals surface area contributed by atoms with Gasteiger partial charge in [0.05, 0.1) is 5.41 Å². The second-order valence-electron chi connectivity index (χ2n) is 5.47. The Morgan fingerprint density at radius 3 is 2.63 bits per heavy atom. The van der Waals surface area contributed by atoms with Crippen molar-refractivity contribution in [2.24, 2.45) is 5.41 Å². The Morgan fingerprint density at radius 1 is 1.42 bits per heavy atom. The minimum atomic E-state index is -0.783. The molecule has 0 spiro atoms. The largest absolute Gasteiger partial charge is 0.481 e. The lowest BCUT2D eigenvalue weighted by Gasteiger charge is -2.24. The molecule has 0 aromatic carbocycles. The highest BCUT2D eigenvalue weighted by atomic mass is 16.4. The molecule has 1 fully saturated rings. The lowest BCUT2D eigenvalue weighted by Crippen LogP contribution is -2.41. The number of carboxylic acid groups (broad SMARTS) is 1. The van der Waals surface area contributed by atoms with Gasteiger partial charge in [0.15, 0.2) is 0 Å². The molecule has 1 unspecified atom stereocenters. The van der Waals surface area contributed by atoms with E-state index in [4.69, 9.17) is 0 Å². The first-order chi connectivity index (χ1) is 8.91. The van der Waals surface area contributed by atoms with Gasteiger partial charge >= 0.3 is 12.0 Å². The molecule has 1 aliphatic rings. The third kappa shape index (κ3) is 3.98. The average Bonchev–Trinajstić information content (AvgIpc) is 2.74. The minimum absolute atomic E-state index is 0.170. The molecule has 0 saturated carbocycles. The van der Waals surface area contributed by atoms with Gasteiger partial charge in [0.1, 0.15) is 0 Å². The SMILES string of the molecule is CCCC1(C(=O)O)CCN(C(=O)NCC=C(C)C)C1. The molecule has 2 amide bonds. The molecule has 1 aliphatic heterocycles. The molecule has 0 aromatic rings. The van der Waals surface area contributed by atoms with Crippen molar-refractivity contribution in [2.45, 2.75) is 40.0 Å². The predicted octanol–water partition coefficient (Wildman–Crippen LogP) is 2.24. The van der Waals surface area contributed by atoms with Gasteiger partial charge in [0, 0.05) is 19.6 Å². The zero-order chi connectivity index (χ0) is 14.5. The Bertz CT molecular complexity index is 375. The maximum atomic E-state index is 11.9. The lowest BCUT2D eigenvalue weighted by atomic mass is 9.83. The quantitative estimate of drug-likeness (QED) is 0.751. The van der Waals surface area contributed by atoms with Crippen LogP contribution in [0.1, 0.15) is 40.0 Å². The van der Waals surface area contributed by atoms with Gasteiger partial charge in [-0.1, -0.05) is 25.0 Å². The average molecular weight is 268 g/mol. The first-order valence-electron chi connectivity index (χ1n) is 6.81. The summed E-state index contributed by atoms with van der Waals surface area (Å²) < 4.78 is 0. The normalized spacial score (nSPS) is 22.2. The summed E-state index contributed by atoms with van der Waals surface area (Å²) in [4.78, 5) is 25.0. The molecule has 0 aliphatic carbocycles. The van der Waals surface area contributed by atoms with E-state index in [0.29, 0.717) is 32.5 Å². The number of urea groups is 1. The fraction of sp³-hybridized carbons (Fsp3) is 0.714. The van der Waals surface area contributed by atoms with Crippen molar-refractivity contribution < 1.29 is 14.7 Å². The van der Waals surface area contributed by atoms with Crippen LogP contribution in [-0.2, 0) is 4.79 Å². The summed E-state index contributed by atoms with van der Waals surface area (Å²) in [5.41, 5.74) is 0.398. The summed E-state index contributed by atoms with van der Waals surface area (Å²) in [6, 6.07) is -0.170. The monoisotopic (exact) mass is 268 g/mol. The van der Waals surface area contributed by atoms with Crippen molar-refractivity contribution in [3.05, 3.63) is 11.6 Å². The van der Waals surface area contributed by atoms with E-state index in [1.807, 2.05) is 26.8 Å². The molecule has 108 valence electrons. The second-order valence-corrected chi connectivity index (χ2v) is 5.47. The third-order valence-electron chi connectivity index (χ3n) is 3.59. The van der Waals surface area contributed by atoms with Gasteiger partial charge in [0.25, 0.3) is 0 Å². The summed E-state index contributed by atoms with van der Waals surface area (Å²) in [6.07, 6.45) is 3.93. The number of amides is 2. The van der Waals surface area contributed by atoms with E-state index in [2.05, 4.69) is 5.32 Å². The highest BCUT2D eigenvalue weighted by Gasteiger charge is 2.45. The molecule has 1 saturated heterocycles. The van der Waals surface area contributed by atoms with E-state index in [1.165, 1.54) is 0 Å². The number of hydrogen-bond acceptors (Lipinski definition) is 2. The van der Waals surface area contributed by atoms with E-state index < -0.39 is 11.4 Å². The molecule has 5 nitrogen and oxygen atoms in total. The number of carbonyl (C=O) groups is 2. The summed E-state index contributed by atoms with van der Waals surface area (Å²) in [5, 5.41) is 12.2. The van der Waals surface area contributed by atoms with Gasteiger partial charge in [-0.15, -0.1) is 0 Å². The van der Waals surface area contributed by atoms with Crippen LogP contribution in [0.25, 0.3) is 0 Å². The van der Waals surface area contributed by atoms with E-state index in [1.54, 1.807) is 4.90 Å². The number of allylic oxidation sites excluding steroid dienone is 1. The topological polar surface area (TPSA) is 69.6 Å². The Morgan fingerprint density at radius 2 is 2.11 bits per heavy atom. The van der Waals surface area contributed by atoms with Crippen molar-refractivity contribution in [3.8, 4) is 0 Å². The number of likely N-dealkylation sites (tertiary alicyclic amines) is 1. The summed E-state index contributed by atoms with van der Waals surface area (Å²) >= 11 is 0. The maximum Gasteiger partial charge on any atom is 0.317 e. The van der Waals surface area contributed by atoms with E-state index >= 15 is 0 Å². The molecule has 19 heavy (non-hydrogen) atoms. The summed E-state index contributed by atoms with van der Waals surface area (Å²) in [7, 11) is 0. The van der Waals surface area contributed by atoms with Crippen LogP contribution in [0.5, 0.6) is 0 Å².